The van der Waals surface area contributed by atoms with Gasteiger partial charge in [0.25, 0.3) is 5.91 Å². The molecule has 0 unspecified atom stereocenters. The van der Waals surface area contributed by atoms with Gasteiger partial charge in [-0.3, -0.25) is 4.79 Å². The minimum Gasteiger partial charge on any atom is -0.484 e. The molecule has 26 heavy (non-hydrogen) atoms. The highest BCUT2D eigenvalue weighted by Gasteiger charge is 2.15. The fourth-order valence-electron chi connectivity index (χ4n) is 2.61. The molecule has 0 atom stereocenters. The molecule has 0 bridgehead atoms. The predicted molar refractivity (Wildman–Crippen MR) is 104 cm³/mol. The monoisotopic (exact) mass is 365 g/mol. The zero-order valence-electron chi connectivity index (χ0n) is 14.3. The highest BCUT2D eigenvalue weighted by atomic mass is 35.5. The van der Waals surface area contributed by atoms with Crippen LogP contribution >= 0.6 is 11.6 Å². The van der Waals surface area contributed by atoms with Crippen molar-refractivity contribution >= 4 is 17.5 Å². The summed E-state index contributed by atoms with van der Waals surface area (Å²) in [5.41, 5.74) is 2.17. The second kappa shape index (κ2) is 9.07. The number of rotatable bonds is 7. The number of ether oxygens (including phenoxy) is 1. The van der Waals surface area contributed by atoms with Gasteiger partial charge >= 0.3 is 0 Å². The molecule has 0 heterocycles. The summed E-state index contributed by atoms with van der Waals surface area (Å²) in [6.07, 6.45) is 0. The third-order valence-electron chi connectivity index (χ3n) is 3.96. The number of amides is 1. The molecule has 0 aliphatic carbocycles. The zero-order chi connectivity index (χ0) is 18.2. The molecular weight excluding hydrogens is 346 g/mol. The Morgan fingerprint density at radius 2 is 1.27 bits per heavy atom. The third kappa shape index (κ3) is 5.36. The number of hydrogen-bond acceptors (Lipinski definition) is 2. The summed E-state index contributed by atoms with van der Waals surface area (Å²) < 4.78 is 5.63. The van der Waals surface area contributed by atoms with Gasteiger partial charge in [-0.25, -0.2) is 0 Å². The van der Waals surface area contributed by atoms with E-state index in [1.165, 1.54) is 0 Å². The first-order chi connectivity index (χ1) is 12.7. The Bertz CT molecular complexity index is 778. The van der Waals surface area contributed by atoms with Crippen LogP contribution in [0, 0.1) is 0 Å². The van der Waals surface area contributed by atoms with Gasteiger partial charge in [-0.05, 0) is 35.4 Å². The lowest BCUT2D eigenvalue weighted by molar-refractivity contribution is -0.134. The molecule has 0 aromatic heterocycles. The summed E-state index contributed by atoms with van der Waals surface area (Å²) in [5, 5.41) is 0.637. The number of carbonyl (C=O) groups excluding carboxylic acids is 1. The largest absolute Gasteiger partial charge is 0.484 e. The van der Waals surface area contributed by atoms with Crippen LogP contribution in [0.25, 0.3) is 0 Å². The molecule has 3 rings (SSSR count). The normalized spacial score (nSPS) is 10.3. The summed E-state index contributed by atoms with van der Waals surface area (Å²) in [5.74, 6) is 0.565. The van der Waals surface area contributed by atoms with Crippen molar-refractivity contribution in [1.82, 2.24) is 4.90 Å². The highest BCUT2D eigenvalue weighted by molar-refractivity contribution is 6.30. The summed E-state index contributed by atoms with van der Waals surface area (Å²) >= 11 is 5.87. The Kier molecular flexibility index (Phi) is 6.29. The average molecular weight is 366 g/mol. The van der Waals surface area contributed by atoms with Gasteiger partial charge in [0.15, 0.2) is 6.61 Å². The van der Waals surface area contributed by atoms with Gasteiger partial charge in [0.05, 0.1) is 0 Å². The molecule has 3 aromatic carbocycles. The van der Waals surface area contributed by atoms with Crippen LogP contribution in [0.4, 0.5) is 0 Å². The SMILES string of the molecule is O=C(COc1ccc(Cl)cc1)N(Cc1ccccc1)Cc1ccccc1. The molecule has 3 nitrogen and oxygen atoms in total. The van der Waals surface area contributed by atoms with E-state index in [-0.39, 0.29) is 12.5 Å². The number of halogens is 1. The molecule has 0 spiro atoms. The van der Waals surface area contributed by atoms with Gasteiger partial charge in [0.2, 0.25) is 0 Å². The molecule has 0 saturated heterocycles. The molecule has 0 saturated carbocycles. The van der Waals surface area contributed by atoms with Crippen LogP contribution in [0.2, 0.25) is 5.02 Å². The fraction of sp³-hybridized carbons (Fsp3) is 0.136. The maximum absolute atomic E-state index is 12.8. The lowest BCUT2D eigenvalue weighted by atomic mass is 10.1. The third-order valence-corrected chi connectivity index (χ3v) is 4.21. The van der Waals surface area contributed by atoms with Crippen LogP contribution < -0.4 is 4.74 Å². The van der Waals surface area contributed by atoms with E-state index < -0.39 is 0 Å². The van der Waals surface area contributed by atoms with Crippen LogP contribution in [0.15, 0.2) is 84.9 Å². The van der Waals surface area contributed by atoms with E-state index in [2.05, 4.69) is 0 Å². The molecule has 1 amide bonds. The Labute approximate surface area is 158 Å². The summed E-state index contributed by atoms with van der Waals surface area (Å²) in [6.45, 7) is 1.07. The van der Waals surface area contributed by atoms with Crippen LogP contribution in [0.5, 0.6) is 5.75 Å². The zero-order valence-corrected chi connectivity index (χ0v) is 15.1. The molecule has 0 N–H and O–H groups in total. The topological polar surface area (TPSA) is 29.5 Å². The van der Waals surface area contributed by atoms with Gasteiger partial charge in [-0.2, -0.15) is 0 Å². The van der Waals surface area contributed by atoms with Crippen LogP contribution in [-0.2, 0) is 17.9 Å². The van der Waals surface area contributed by atoms with Gasteiger partial charge in [-0.1, -0.05) is 72.3 Å². The molecule has 4 heteroatoms. The molecule has 0 radical (unpaired) electrons. The number of carbonyl (C=O) groups is 1. The maximum Gasteiger partial charge on any atom is 0.261 e. The molecule has 0 aliphatic heterocycles. The van der Waals surface area contributed by atoms with Crippen molar-refractivity contribution in [2.75, 3.05) is 6.61 Å². The second-order valence-corrected chi connectivity index (χ2v) is 6.40. The van der Waals surface area contributed by atoms with E-state index in [0.717, 1.165) is 11.1 Å². The van der Waals surface area contributed by atoms with Crippen molar-refractivity contribution in [3.05, 3.63) is 101 Å². The van der Waals surface area contributed by atoms with E-state index >= 15 is 0 Å². The second-order valence-electron chi connectivity index (χ2n) is 5.96. The minimum atomic E-state index is -0.0624. The van der Waals surface area contributed by atoms with Crippen molar-refractivity contribution in [3.8, 4) is 5.75 Å². The standard InChI is InChI=1S/C22H20ClNO2/c23-20-11-13-21(14-12-20)26-17-22(25)24(15-18-7-3-1-4-8-18)16-19-9-5-2-6-10-19/h1-14H,15-17H2. The van der Waals surface area contributed by atoms with Crippen molar-refractivity contribution in [2.45, 2.75) is 13.1 Å². The van der Waals surface area contributed by atoms with E-state index in [9.17, 15) is 4.79 Å². The Morgan fingerprint density at radius 3 is 1.77 bits per heavy atom. The number of hydrogen-bond donors (Lipinski definition) is 0. The van der Waals surface area contributed by atoms with Crippen molar-refractivity contribution in [3.63, 3.8) is 0 Å². The number of nitrogens with zero attached hydrogens (tertiary/aromatic N) is 1. The molecule has 3 aromatic rings. The minimum absolute atomic E-state index is 0.0126. The molecule has 0 fully saturated rings. The fourth-order valence-corrected chi connectivity index (χ4v) is 2.73. The van der Waals surface area contributed by atoms with Crippen molar-refractivity contribution in [2.24, 2.45) is 0 Å². The summed E-state index contributed by atoms with van der Waals surface area (Å²) in [4.78, 5) is 14.6. The summed E-state index contributed by atoms with van der Waals surface area (Å²) in [6, 6.07) is 26.9. The van der Waals surface area contributed by atoms with Crippen molar-refractivity contribution in [1.29, 1.82) is 0 Å². The smallest absolute Gasteiger partial charge is 0.261 e. The van der Waals surface area contributed by atoms with Gasteiger partial charge in [0.1, 0.15) is 5.75 Å². The highest BCUT2D eigenvalue weighted by Crippen LogP contribution is 2.16. The lowest BCUT2D eigenvalue weighted by Crippen LogP contribution is -2.34. The van der Waals surface area contributed by atoms with Gasteiger partial charge < -0.3 is 9.64 Å². The first-order valence-corrected chi connectivity index (χ1v) is 8.82. The summed E-state index contributed by atoms with van der Waals surface area (Å²) in [7, 11) is 0. The maximum atomic E-state index is 12.8. The Balaban J connectivity index is 1.68. The Morgan fingerprint density at radius 1 is 0.769 bits per heavy atom. The average Bonchev–Trinajstić information content (AvgIpc) is 2.68. The van der Waals surface area contributed by atoms with E-state index in [0.29, 0.717) is 23.9 Å². The van der Waals surface area contributed by atoms with Crippen LogP contribution in [0.3, 0.4) is 0 Å². The number of benzene rings is 3. The molecular formula is C22H20ClNO2. The first-order valence-electron chi connectivity index (χ1n) is 8.45. The lowest BCUT2D eigenvalue weighted by Gasteiger charge is -2.23. The van der Waals surface area contributed by atoms with Gasteiger partial charge in [-0.15, -0.1) is 0 Å². The van der Waals surface area contributed by atoms with Gasteiger partial charge in [0, 0.05) is 18.1 Å². The first kappa shape index (κ1) is 18.0. The van der Waals surface area contributed by atoms with E-state index in [4.69, 9.17) is 16.3 Å². The molecule has 0 aliphatic rings. The Hall–Kier alpha value is -2.78. The van der Waals surface area contributed by atoms with Crippen molar-refractivity contribution < 1.29 is 9.53 Å². The van der Waals surface area contributed by atoms with E-state index in [1.807, 2.05) is 60.7 Å². The van der Waals surface area contributed by atoms with Crippen LogP contribution in [-0.4, -0.2) is 17.4 Å². The van der Waals surface area contributed by atoms with E-state index in [1.54, 1.807) is 29.2 Å². The quantitative estimate of drug-likeness (QED) is 0.593. The predicted octanol–water partition coefficient (Wildman–Crippen LogP) is 4.95. The molecule has 132 valence electrons. The van der Waals surface area contributed by atoms with Crippen LogP contribution in [0.1, 0.15) is 11.1 Å².